The normalized spacial score (nSPS) is 16.2. The zero-order valence-electron chi connectivity index (χ0n) is 28.1. The van der Waals surface area contributed by atoms with Gasteiger partial charge in [-0.25, -0.2) is 9.98 Å². The summed E-state index contributed by atoms with van der Waals surface area (Å²) < 4.78 is 9.91. The van der Waals surface area contributed by atoms with Gasteiger partial charge in [0.05, 0.1) is 14.2 Å². The van der Waals surface area contributed by atoms with Crippen molar-refractivity contribution in [2.75, 3.05) is 14.2 Å². The topological polar surface area (TPSA) is 112 Å². The van der Waals surface area contributed by atoms with Crippen molar-refractivity contribution in [2.24, 2.45) is 0 Å². The second-order valence-electron chi connectivity index (χ2n) is 11.7. The molecule has 0 unspecified atom stereocenters. The number of rotatable bonds is 10. The predicted octanol–water partition coefficient (Wildman–Crippen LogP) is -2.42. The molecule has 2 aromatic rings. The van der Waals surface area contributed by atoms with Gasteiger partial charge >= 0.3 is 11.9 Å². The van der Waals surface area contributed by atoms with Gasteiger partial charge in [-0.1, -0.05) is 0 Å². The van der Waals surface area contributed by atoms with Crippen LogP contribution in [0.15, 0.2) is 33.7 Å². The van der Waals surface area contributed by atoms with Crippen molar-refractivity contribution in [3.63, 3.8) is 0 Å². The van der Waals surface area contributed by atoms with Gasteiger partial charge < -0.3 is 53.4 Å². The summed E-state index contributed by atoms with van der Waals surface area (Å²) in [6.45, 7) is 16.9. The number of aryl methyl sites for hydroxylation is 2. The molecule has 0 aliphatic carbocycles. The van der Waals surface area contributed by atoms with Crippen LogP contribution in [0.1, 0.15) is 91.0 Å². The lowest BCUT2D eigenvalue weighted by molar-refractivity contribution is -0.393. The molecular weight excluding hydrogens is 700 g/mol. The van der Waals surface area contributed by atoms with E-state index in [0.29, 0.717) is 32.1 Å². The van der Waals surface area contributed by atoms with Crippen LogP contribution in [-0.4, -0.2) is 47.5 Å². The Balaban J connectivity index is 0.00000353. The van der Waals surface area contributed by atoms with E-state index in [1.165, 1.54) is 36.5 Å². The van der Waals surface area contributed by atoms with E-state index < -0.39 is 0 Å². The number of halogens is 2. The average Bonchev–Trinajstić information content (AvgIpc) is 3.61. The van der Waals surface area contributed by atoms with E-state index in [0.717, 1.165) is 67.9 Å². The average molecular weight is 747 g/mol. The van der Waals surface area contributed by atoms with Gasteiger partial charge in [0.2, 0.25) is 11.4 Å². The molecule has 0 spiro atoms. The summed E-state index contributed by atoms with van der Waals surface area (Å²) in [5, 5.41) is 0. The van der Waals surface area contributed by atoms with Crippen molar-refractivity contribution in [1.29, 1.82) is 0 Å². The highest BCUT2D eigenvalue weighted by molar-refractivity contribution is 6.15. The molecule has 4 heterocycles. The molecule has 4 rings (SSSR count). The highest BCUT2D eigenvalue weighted by atomic mass is 79.9. The number of nitrogens with one attached hydrogen (secondary N) is 4. The fourth-order valence-corrected chi connectivity index (χ4v) is 5.85. The lowest BCUT2D eigenvalue weighted by Crippen LogP contribution is -3.00. The van der Waals surface area contributed by atoms with E-state index in [2.05, 4.69) is 87.5 Å². The molecule has 2 aliphatic rings. The molecule has 0 saturated carbocycles. The number of aromatic amines is 2. The number of hydrogen-bond acceptors (Lipinski definition) is 4. The number of allylic oxidation sites excluding steroid dienone is 4. The van der Waals surface area contributed by atoms with Gasteiger partial charge in [-0.05, 0) is 90.5 Å². The molecule has 45 heavy (non-hydrogen) atoms. The molecule has 244 valence electrons. The largest absolute Gasteiger partial charge is 1.00 e. The third-order valence-electron chi connectivity index (χ3n) is 9.27. The number of ether oxygens (including phenoxy) is 2. The Kier molecular flexibility index (Phi) is 13.4. The summed E-state index contributed by atoms with van der Waals surface area (Å²) in [4.78, 5) is 38.6. The summed E-state index contributed by atoms with van der Waals surface area (Å²) in [6.07, 6.45) is 6.69. The third-order valence-corrected chi connectivity index (χ3v) is 9.27. The highest BCUT2D eigenvalue weighted by Crippen LogP contribution is 2.28. The quantitative estimate of drug-likeness (QED) is 0.203. The van der Waals surface area contributed by atoms with Gasteiger partial charge in [-0.2, -0.15) is 0 Å². The van der Waals surface area contributed by atoms with Gasteiger partial charge in [0.15, 0.2) is 11.4 Å². The highest BCUT2D eigenvalue weighted by Gasteiger charge is 2.35. The van der Waals surface area contributed by atoms with Crippen LogP contribution in [-0.2, 0) is 19.1 Å². The number of carbonyl (C=O) groups is 2. The van der Waals surface area contributed by atoms with Crippen LogP contribution in [0.4, 0.5) is 0 Å². The number of carbonyl (C=O) groups excluding carboxylic acids is 2. The molecule has 4 N–H and O–H groups in total. The first-order chi connectivity index (χ1) is 20.4. The molecule has 10 heteroatoms. The molecule has 0 aromatic carbocycles. The summed E-state index contributed by atoms with van der Waals surface area (Å²) in [7, 11) is 2.85. The number of esters is 2. The lowest BCUT2D eigenvalue weighted by Gasteiger charge is -2.04. The lowest BCUT2D eigenvalue weighted by atomic mass is 9.94. The molecule has 0 fully saturated rings. The van der Waals surface area contributed by atoms with E-state index >= 15 is 0 Å². The van der Waals surface area contributed by atoms with Crippen molar-refractivity contribution < 1.29 is 63.0 Å². The van der Waals surface area contributed by atoms with Gasteiger partial charge in [-0.15, -0.1) is 0 Å². The summed E-state index contributed by atoms with van der Waals surface area (Å²) in [6, 6.07) is 0. The number of aromatic nitrogens is 2. The third kappa shape index (κ3) is 8.14. The van der Waals surface area contributed by atoms with Crippen LogP contribution in [0.25, 0.3) is 12.2 Å². The number of hydrogen-bond donors (Lipinski definition) is 4. The number of methoxy groups -OCH3 is 2. The maximum atomic E-state index is 12.1. The van der Waals surface area contributed by atoms with Crippen molar-refractivity contribution >= 4 is 35.5 Å². The maximum Gasteiger partial charge on any atom is 0.305 e. The van der Waals surface area contributed by atoms with Gasteiger partial charge in [0.1, 0.15) is 6.42 Å². The van der Waals surface area contributed by atoms with Crippen molar-refractivity contribution in [2.45, 2.75) is 87.5 Å². The Hall–Kier alpha value is -3.24. The van der Waals surface area contributed by atoms with Gasteiger partial charge in [0.25, 0.3) is 0 Å². The zero-order chi connectivity index (χ0) is 31.6. The van der Waals surface area contributed by atoms with Crippen LogP contribution in [0.2, 0.25) is 0 Å². The fourth-order valence-electron chi connectivity index (χ4n) is 5.85. The molecular formula is C35H46Br2N4O4. The van der Waals surface area contributed by atoms with E-state index in [1.54, 1.807) is 0 Å². The Morgan fingerprint density at radius 3 is 1.51 bits per heavy atom. The van der Waals surface area contributed by atoms with E-state index in [4.69, 9.17) is 9.47 Å². The maximum absolute atomic E-state index is 12.1. The predicted molar refractivity (Wildman–Crippen MR) is 170 cm³/mol. The molecule has 8 nitrogen and oxygen atoms in total. The fraction of sp³-hybridized carbons (Fsp3) is 0.429. The van der Waals surface area contributed by atoms with Crippen molar-refractivity contribution in [3.05, 3.63) is 78.7 Å². The SMILES string of the molecule is COC(=O)CCC1=C(C)/C(=C\c2[nH]c(C)c(C)c2C)[NH+]=C1CC1=[NH+]/C(=C\c2[nH]c(C)c(C)c2C)C(CCC(=O)OC)=C1C.[Br-].[Br-]. The van der Waals surface area contributed by atoms with Crippen LogP contribution in [0.3, 0.4) is 0 Å². The van der Waals surface area contributed by atoms with E-state index in [9.17, 15) is 9.59 Å². The minimum atomic E-state index is -0.230. The molecule has 0 atom stereocenters. The van der Waals surface area contributed by atoms with Crippen molar-refractivity contribution in [1.82, 2.24) is 9.97 Å². The smallest absolute Gasteiger partial charge is 0.305 e. The van der Waals surface area contributed by atoms with Crippen LogP contribution in [0.5, 0.6) is 0 Å². The van der Waals surface area contributed by atoms with Gasteiger partial charge in [-0.3, -0.25) is 9.59 Å². The van der Waals surface area contributed by atoms with Crippen LogP contribution in [0, 0.1) is 41.5 Å². The van der Waals surface area contributed by atoms with Crippen molar-refractivity contribution in [3.8, 4) is 0 Å². The minimum absolute atomic E-state index is 0. The van der Waals surface area contributed by atoms with Crippen LogP contribution < -0.4 is 43.9 Å². The molecule has 0 amide bonds. The second kappa shape index (κ2) is 15.9. The molecule has 2 aliphatic heterocycles. The molecule has 0 saturated heterocycles. The van der Waals surface area contributed by atoms with E-state index in [-0.39, 0.29) is 45.9 Å². The Labute approximate surface area is 287 Å². The van der Waals surface area contributed by atoms with Crippen LogP contribution >= 0.6 is 0 Å². The Morgan fingerprint density at radius 2 is 1.07 bits per heavy atom. The first kappa shape index (κ1) is 37.9. The first-order valence-electron chi connectivity index (χ1n) is 14.9. The monoisotopic (exact) mass is 744 g/mol. The van der Waals surface area contributed by atoms with Gasteiger partial charge in [0, 0.05) is 70.1 Å². The summed E-state index contributed by atoms with van der Waals surface area (Å²) in [5.74, 6) is -0.459. The standard InChI is InChI=1S/C35H44N4O4.2BrH/c1-18-20(3)28(36-24(18)7)15-30-22(5)26(11-13-34(40)42-9)33(38-30)17-31-23(6)27(12-14-35(41)43-10)32(39-31)16-29-21(4)19(2)25(8)37-29;;/h15-16,36-37H,11-14,17H2,1-10H3;2*1H/b30-15+,32-16-;;. The number of H-pyrrole nitrogens is 2. The Bertz CT molecular complexity index is 1680. The first-order valence-corrected chi connectivity index (χ1v) is 14.9. The summed E-state index contributed by atoms with van der Waals surface area (Å²) >= 11 is 0. The Morgan fingerprint density at radius 1 is 0.622 bits per heavy atom. The minimum Gasteiger partial charge on any atom is -1.00 e. The molecule has 0 radical (unpaired) electrons. The summed E-state index contributed by atoms with van der Waals surface area (Å²) in [5.41, 5.74) is 18.0. The molecule has 2 aromatic heterocycles. The van der Waals surface area contributed by atoms with E-state index in [1.807, 2.05) is 0 Å². The zero-order valence-corrected chi connectivity index (χ0v) is 31.3. The molecule has 0 bridgehead atoms. The second-order valence-corrected chi connectivity index (χ2v) is 11.7.